The maximum Gasteiger partial charge on any atom is 0.282 e. The molecule has 0 unspecified atom stereocenters. The van der Waals surface area contributed by atoms with Crippen molar-refractivity contribution < 1.29 is 9.72 Å². The number of nitrogens with one attached hydrogen (secondary N) is 4. The van der Waals surface area contributed by atoms with E-state index >= 15 is 0 Å². The molecule has 0 fully saturated rings. The average molecular weight is 354 g/mol. The molecule has 26 heavy (non-hydrogen) atoms. The second kappa shape index (κ2) is 6.84. The molecule has 3 aromatic rings. The summed E-state index contributed by atoms with van der Waals surface area (Å²) in [6.07, 6.45) is 2.99. The number of hydrogen-bond donors (Lipinski definition) is 5. The normalized spacial score (nSPS) is 10.5. The number of guanidine groups is 1. The first kappa shape index (κ1) is 16.8. The maximum atomic E-state index is 12.5. The van der Waals surface area contributed by atoms with Crippen LogP contribution in [0.4, 0.5) is 11.4 Å². The van der Waals surface area contributed by atoms with Crippen molar-refractivity contribution in [3.63, 3.8) is 0 Å². The fourth-order valence-electron chi connectivity index (χ4n) is 2.38. The SMILES string of the molecule is N=C(N)NCc1ccc(C(=O)Nc2ccnc3[nH]ncc23)c([N+](=O)[O-])c1. The van der Waals surface area contributed by atoms with Crippen LogP contribution in [0.2, 0.25) is 0 Å². The molecule has 0 aliphatic carbocycles. The van der Waals surface area contributed by atoms with E-state index in [1.54, 1.807) is 12.1 Å². The number of nitrogens with two attached hydrogens (primary N) is 1. The van der Waals surface area contributed by atoms with Crippen LogP contribution >= 0.6 is 0 Å². The monoisotopic (exact) mass is 354 g/mol. The van der Waals surface area contributed by atoms with Crippen LogP contribution in [0.3, 0.4) is 0 Å². The van der Waals surface area contributed by atoms with E-state index < -0.39 is 10.8 Å². The molecule has 0 aliphatic rings. The number of anilines is 1. The van der Waals surface area contributed by atoms with E-state index in [9.17, 15) is 14.9 Å². The summed E-state index contributed by atoms with van der Waals surface area (Å²) >= 11 is 0. The number of H-pyrrole nitrogens is 1. The largest absolute Gasteiger partial charge is 0.370 e. The third kappa shape index (κ3) is 3.40. The molecule has 0 saturated carbocycles. The molecule has 1 amide bonds. The van der Waals surface area contributed by atoms with Gasteiger partial charge in [0.15, 0.2) is 11.6 Å². The number of nitrogens with zero attached hydrogens (tertiary/aromatic N) is 3. The highest BCUT2D eigenvalue weighted by Crippen LogP contribution is 2.24. The molecular formula is C15H14N8O3. The van der Waals surface area contributed by atoms with Crippen molar-refractivity contribution in [2.24, 2.45) is 5.73 Å². The number of carbonyl (C=O) groups excluding carboxylic acids is 1. The number of pyridine rings is 1. The van der Waals surface area contributed by atoms with Gasteiger partial charge in [-0.3, -0.25) is 25.4 Å². The predicted molar refractivity (Wildman–Crippen MR) is 93.7 cm³/mol. The number of hydrogen-bond acceptors (Lipinski definition) is 6. The lowest BCUT2D eigenvalue weighted by Crippen LogP contribution is -2.29. The van der Waals surface area contributed by atoms with Crippen molar-refractivity contribution in [3.8, 4) is 0 Å². The first-order valence-corrected chi connectivity index (χ1v) is 7.40. The Bertz CT molecular complexity index is 1010. The molecular weight excluding hydrogens is 340 g/mol. The lowest BCUT2D eigenvalue weighted by atomic mass is 10.1. The third-order valence-corrected chi connectivity index (χ3v) is 3.59. The van der Waals surface area contributed by atoms with Crippen LogP contribution in [-0.4, -0.2) is 32.0 Å². The topological polar surface area (TPSA) is 176 Å². The first-order chi connectivity index (χ1) is 12.5. The van der Waals surface area contributed by atoms with E-state index in [1.807, 2.05) is 0 Å². The number of aromatic nitrogens is 3. The van der Waals surface area contributed by atoms with E-state index in [0.717, 1.165) is 0 Å². The Morgan fingerprint density at radius 1 is 1.38 bits per heavy atom. The zero-order valence-electron chi connectivity index (χ0n) is 13.3. The molecule has 1 aromatic carbocycles. The molecule has 2 heterocycles. The summed E-state index contributed by atoms with van der Waals surface area (Å²) in [7, 11) is 0. The lowest BCUT2D eigenvalue weighted by Gasteiger charge is -2.09. The molecule has 132 valence electrons. The molecule has 0 spiro atoms. The fourth-order valence-corrected chi connectivity index (χ4v) is 2.38. The molecule has 11 nitrogen and oxygen atoms in total. The molecule has 0 saturated heterocycles. The van der Waals surface area contributed by atoms with E-state index in [1.165, 1.54) is 24.5 Å². The highest BCUT2D eigenvalue weighted by Gasteiger charge is 2.21. The van der Waals surface area contributed by atoms with Gasteiger partial charge in [-0.05, 0) is 17.7 Å². The van der Waals surface area contributed by atoms with Crippen molar-refractivity contribution in [3.05, 3.63) is 57.9 Å². The molecule has 6 N–H and O–H groups in total. The van der Waals surface area contributed by atoms with Gasteiger partial charge < -0.3 is 16.4 Å². The number of benzene rings is 1. The predicted octanol–water partition coefficient (Wildman–Crippen LogP) is 1.10. The van der Waals surface area contributed by atoms with Crippen LogP contribution in [-0.2, 0) is 6.54 Å². The lowest BCUT2D eigenvalue weighted by molar-refractivity contribution is -0.385. The van der Waals surface area contributed by atoms with Crippen LogP contribution < -0.4 is 16.4 Å². The van der Waals surface area contributed by atoms with Crippen molar-refractivity contribution in [1.82, 2.24) is 20.5 Å². The zero-order chi connectivity index (χ0) is 18.7. The minimum absolute atomic E-state index is 0.0879. The van der Waals surface area contributed by atoms with Crippen LogP contribution in [0.15, 0.2) is 36.7 Å². The van der Waals surface area contributed by atoms with E-state index in [4.69, 9.17) is 11.1 Å². The molecule has 0 bridgehead atoms. The third-order valence-electron chi connectivity index (χ3n) is 3.59. The second-order valence-electron chi connectivity index (χ2n) is 5.32. The molecule has 2 aromatic heterocycles. The quantitative estimate of drug-likeness (QED) is 0.197. The Hall–Kier alpha value is -4.02. The van der Waals surface area contributed by atoms with E-state index in [2.05, 4.69) is 25.8 Å². The summed E-state index contributed by atoms with van der Waals surface area (Å²) in [4.78, 5) is 27.3. The fraction of sp³-hybridized carbons (Fsp3) is 0.0667. The highest BCUT2D eigenvalue weighted by atomic mass is 16.6. The van der Waals surface area contributed by atoms with Gasteiger partial charge in [0.25, 0.3) is 11.6 Å². The van der Waals surface area contributed by atoms with Crippen LogP contribution in [0.1, 0.15) is 15.9 Å². The van der Waals surface area contributed by atoms with Crippen LogP contribution in [0.25, 0.3) is 11.0 Å². The van der Waals surface area contributed by atoms with Crippen molar-refractivity contribution in [2.45, 2.75) is 6.54 Å². The summed E-state index contributed by atoms with van der Waals surface area (Å²) in [5.74, 6) is -0.882. The number of rotatable bonds is 5. The maximum absolute atomic E-state index is 12.5. The highest BCUT2D eigenvalue weighted by molar-refractivity contribution is 6.10. The number of nitro groups is 1. The number of aromatic amines is 1. The zero-order valence-corrected chi connectivity index (χ0v) is 13.3. The standard InChI is InChI=1S/C15H14N8O3/c16-15(17)19-6-8-1-2-9(12(5-8)23(25)26)14(24)21-11-3-4-18-13-10(11)7-20-22-13/h1-5,7H,6H2,(H4,16,17,19)(H2,18,20,21,22,24). The number of amides is 1. The molecule has 0 atom stereocenters. The summed E-state index contributed by atoms with van der Waals surface area (Å²) < 4.78 is 0. The van der Waals surface area contributed by atoms with Gasteiger partial charge in [0, 0.05) is 18.8 Å². The van der Waals surface area contributed by atoms with Gasteiger partial charge in [0.2, 0.25) is 0 Å². The summed E-state index contributed by atoms with van der Waals surface area (Å²) in [5, 5.41) is 30.8. The summed E-state index contributed by atoms with van der Waals surface area (Å²) in [6.45, 7) is 0.137. The molecule has 11 heteroatoms. The van der Waals surface area contributed by atoms with E-state index in [0.29, 0.717) is 22.3 Å². The second-order valence-corrected chi connectivity index (χ2v) is 5.32. The van der Waals surface area contributed by atoms with Crippen molar-refractivity contribution >= 4 is 34.3 Å². The van der Waals surface area contributed by atoms with Gasteiger partial charge in [0.1, 0.15) is 5.56 Å². The molecule has 3 rings (SSSR count). The Labute approximate surface area is 146 Å². The smallest absolute Gasteiger partial charge is 0.282 e. The Balaban J connectivity index is 1.89. The number of fused-ring (bicyclic) bond motifs is 1. The summed E-state index contributed by atoms with van der Waals surface area (Å²) in [5.41, 5.74) is 6.21. The average Bonchev–Trinajstić information content (AvgIpc) is 3.09. The Kier molecular flexibility index (Phi) is 4.43. The van der Waals surface area contributed by atoms with Gasteiger partial charge in [-0.15, -0.1) is 0 Å². The van der Waals surface area contributed by atoms with Crippen LogP contribution in [0.5, 0.6) is 0 Å². The minimum atomic E-state index is -0.633. The minimum Gasteiger partial charge on any atom is -0.370 e. The van der Waals surface area contributed by atoms with Crippen molar-refractivity contribution in [1.29, 1.82) is 5.41 Å². The Morgan fingerprint density at radius 2 is 2.19 bits per heavy atom. The molecule has 0 aliphatic heterocycles. The van der Waals surface area contributed by atoms with E-state index in [-0.39, 0.29) is 23.8 Å². The summed E-state index contributed by atoms with van der Waals surface area (Å²) in [6, 6.07) is 5.76. The van der Waals surface area contributed by atoms with Crippen molar-refractivity contribution in [2.75, 3.05) is 5.32 Å². The first-order valence-electron chi connectivity index (χ1n) is 7.40. The molecule has 0 radical (unpaired) electrons. The van der Waals surface area contributed by atoms with Gasteiger partial charge in [-0.2, -0.15) is 5.10 Å². The van der Waals surface area contributed by atoms with Gasteiger partial charge in [0.05, 0.1) is 22.2 Å². The Morgan fingerprint density at radius 3 is 2.92 bits per heavy atom. The van der Waals surface area contributed by atoms with Gasteiger partial charge in [-0.1, -0.05) is 6.07 Å². The van der Waals surface area contributed by atoms with Crippen LogP contribution in [0, 0.1) is 15.5 Å². The van der Waals surface area contributed by atoms with Gasteiger partial charge >= 0.3 is 0 Å². The van der Waals surface area contributed by atoms with Gasteiger partial charge in [-0.25, -0.2) is 4.98 Å². The number of carbonyl (C=O) groups is 1. The number of nitro benzene ring substituents is 1.